The summed E-state index contributed by atoms with van der Waals surface area (Å²) in [6.45, 7) is 0. The van der Waals surface area contributed by atoms with E-state index in [1.807, 2.05) is 0 Å². The fourth-order valence-corrected chi connectivity index (χ4v) is 2.83. The molecule has 0 aliphatic carbocycles. The van der Waals surface area contributed by atoms with Gasteiger partial charge in [-0.3, -0.25) is 9.11 Å². The summed E-state index contributed by atoms with van der Waals surface area (Å²) < 4.78 is 60.8. The van der Waals surface area contributed by atoms with Crippen molar-refractivity contribution in [1.82, 2.24) is 0 Å². The predicted molar refractivity (Wildman–Crippen MR) is 57.7 cm³/mol. The molecule has 10 heteroatoms. The van der Waals surface area contributed by atoms with Crippen LogP contribution in [0.3, 0.4) is 0 Å². The highest BCUT2D eigenvalue weighted by molar-refractivity contribution is 7.87. The number of benzene rings is 1. The maximum absolute atomic E-state index is 10.8. The number of thiol groups is 1. The van der Waals surface area contributed by atoms with Crippen LogP contribution < -0.4 is 5.73 Å². The lowest BCUT2D eigenvalue weighted by Crippen LogP contribution is -2.07. The van der Waals surface area contributed by atoms with Gasteiger partial charge in [0.05, 0.1) is 5.69 Å². The van der Waals surface area contributed by atoms with Crippen LogP contribution in [-0.2, 0) is 20.2 Å². The smallest absolute Gasteiger partial charge is 0.296 e. The first-order valence-electron chi connectivity index (χ1n) is 3.61. The number of rotatable bonds is 2. The van der Waals surface area contributed by atoms with Crippen LogP contribution in [0.1, 0.15) is 0 Å². The normalized spacial score (nSPS) is 12.7. The van der Waals surface area contributed by atoms with Crippen molar-refractivity contribution in [3.05, 3.63) is 12.1 Å². The van der Waals surface area contributed by atoms with Crippen LogP contribution in [-0.4, -0.2) is 25.9 Å². The molecule has 0 saturated carbocycles. The molecule has 0 aliphatic rings. The van der Waals surface area contributed by atoms with E-state index in [2.05, 4.69) is 12.6 Å². The summed E-state index contributed by atoms with van der Waals surface area (Å²) in [5.41, 5.74) is 4.88. The van der Waals surface area contributed by atoms with E-state index in [0.29, 0.717) is 6.07 Å². The molecule has 0 bridgehead atoms. The summed E-state index contributed by atoms with van der Waals surface area (Å²) in [5.74, 6) is 0. The average molecular weight is 285 g/mol. The lowest BCUT2D eigenvalue weighted by Gasteiger charge is -2.07. The lowest BCUT2D eigenvalue weighted by atomic mass is 10.3. The van der Waals surface area contributed by atoms with E-state index < -0.39 is 30.0 Å². The van der Waals surface area contributed by atoms with E-state index in [-0.39, 0.29) is 10.6 Å². The number of hydrogen-bond acceptors (Lipinski definition) is 6. The van der Waals surface area contributed by atoms with E-state index in [1.54, 1.807) is 0 Å². The van der Waals surface area contributed by atoms with Crippen LogP contribution in [0.15, 0.2) is 26.8 Å². The molecule has 1 aromatic rings. The van der Waals surface area contributed by atoms with E-state index in [4.69, 9.17) is 14.8 Å². The van der Waals surface area contributed by atoms with Gasteiger partial charge in [-0.1, -0.05) is 0 Å². The van der Waals surface area contributed by atoms with E-state index >= 15 is 0 Å². The van der Waals surface area contributed by atoms with E-state index in [1.165, 1.54) is 0 Å². The molecular weight excluding hydrogens is 278 g/mol. The van der Waals surface area contributed by atoms with Gasteiger partial charge in [0.1, 0.15) is 9.79 Å². The molecule has 0 amide bonds. The monoisotopic (exact) mass is 285 g/mol. The summed E-state index contributed by atoms with van der Waals surface area (Å²) >= 11 is 3.71. The number of anilines is 1. The van der Waals surface area contributed by atoms with Crippen LogP contribution in [0.2, 0.25) is 0 Å². The summed E-state index contributed by atoms with van der Waals surface area (Å²) in [4.78, 5) is -1.79. The van der Waals surface area contributed by atoms with Gasteiger partial charge in [-0.25, -0.2) is 0 Å². The fourth-order valence-electron chi connectivity index (χ4n) is 0.996. The molecule has 90 valence electrons. The molecule has 0 fully saturated rings. The van der Waals surface area contributed by atoms with Gasteiger partial charge in [-0.05, 0) is 12.1 Å². The van der Waals surface area contributed by atoms with E-state index in [9.17, 15) is 16.8 Å². The molecule has 0 unspecified atom stereocenters. The van der Waals surface area contributed by atoms with Crippen molar-refractivity contribution in [2.24, 2.45) is 0 Å². The lowest BCUT2D eigenvalue weighted by molar-refractivity contribution is 0.479. The Bertz CT molecular complexity index is 579. The molecule has 0 aromatic heterocycles. The molecule has 0 atom stereocenters. The van der Waals surface area contributed by atoms with Gasteiger partial charge in [-0.15, -0.1) is 12.6 Å². The van der Waals surface area contributed by atoms with Crippen LogP contribution in [0.25, 0.3) is 0 Å². The van der Waals surface area contributed by atoms with Crippen molar-refractivity contribution < 1.29 is 25.9 Å². The van der Waals surface area contributed by atoms with Crippen LogP contribution in [0.5, 0.6) is 0 Å². The summed E-state index contributed by atoms with van der Waals surface area (Å²) in [6, 6.07) is 1.43. The van der Waals surface area contributed by atoms with Gasteiger partial charge in [-0.2, -0.15) is 16.8 Å². The Morgan fingerprint density at radius 3 is 1.81 bits per heavy atom. The number of nitrogen functional groups attached to an aromatic ring is 1. The van der Waals surface area contributed by atoms with Gasteiger partial charge in [0.2, 0.25) is 0 Å². The number of hydrogen-bond donors (Lipinski definition) is 4. The molecule has 1 rings (SSSR count). The Hall–Kier alpha value is -0.810. The molecule has 16 heavy (non-hydrogen) atoms. The Kier molecular flexibility index (Phi) is 3.22. The largest absolute Gasteiger partial charge is 0.398 e. The minimum Gasteiger partial charge on any atom is -0.398 e. The van der Waals surface area contributed by atoms with E-state index in [0.717, 1.165) is 6.07 Å². The van der Waals surface area contributed by atoms with Crippen LogP contribution in [0.4, 0.5) is 5.69 Å². The van der Waals surface area contributed by atoms with Gasteiger partial charge in [0.25, 0.3) is 20.2 Å². The summed E-state index contributed by atoms with van der Waals surface area (Å²) in [5, 5.41) is 0. The number of nitrogens with two attached hydrogens (primary N) is 1. The van der Waals surface area contributed by atoms with Gasteiger partial charge < -0.3 is 5.73 Å². The maximum atomic E-state index is 10.8. The minimum atomic E-state index is -4.67. The first-order chi connectivity index (χ1) is 7.03. The third-order valence-corrected chi connectivity index (χ3v) is 3.97. The zero-order chi connectivity index (χ0) is 12.7. The van der Waals surface area contributed by atoms with Gasteiger partial charge in [0.15, 0.2) is 0 Å². The Balaban J connectivity index is 3.72. The minimum absolute atomic E-state index is 0.229. The topological polar surface area (TPSA) is 135 Å². The molecule has 4 N–H and O–H groups in total. The SMILES string of the molecule is Nc1cc(S)c(S(=O)(=O)O)cc1S(=O)(=O)O. The third kappa shape index (κ3) is 2.65. The maximum Gasteiger partial charge on any atom is 0.296 e. The fraction of sp³-hybridized carbons (Fsp3) is 0. The summed E-state index contributed by atoms with van der Waals surface area (Å²) in [7, 11) is -9.31. The van der Waals surface area contributed by atoms with Crippen molar-refractivity contribution in [3.8, 4) is 0 Å². The molecule has 7 nitrogen and oxygen atoms in total. The van der Waals surface area contributed by atoms with Gasteiger partial charge >= 0.3 is 0 Å². The average Bonchev–Trinajstić information content (AvgIpc) is 1.97. The first kappa shape index (κ1) is 13.3. The second-order valence-corrected chi connectivity index (χ2v) is 6.07. The quantitative estimate of drug-likeness (QED) is 0.342. The van der Waals surface area contributed by atoms with Gasteiger partial charge in [0, 0.05) is 4.90 Å². The highest BCUT2D eigenvalue weighted by Crippen LogP contribution is 2.28. The standard InChI is InChI=1S/C6H7NO6S3/c7-3-1-4(14)6(16(11,12)13)2-5(3)15(8,9)10/h1-2,14H,7H2,(H,8,9,10)(H,11,12,13). The molecule has 0 aliphatic heterocycles. The predicted octanol–water partition coefficient (Wildman–Crippen LogP) is 0.0509. The van der Waals surface area contributed by atoms with Crippen molar-refractivity contribution in [3.63, 3.8) is 0 Å². The molecular formula is C6H7NO6S3. The second-order valence-electron chi connectivity index (χ2n) is 2.81. The van der Waals surface area contributed by atoms with Crippen molar-refractivity contribution >= 4 is 38.6 Å². The highest BCUT2D eigenvalue weighted by atomic mass is 32.2. The molecule has 0 saturated heterocycles. The Morgan fingerprint density at radius 1 is 1.00 bits per heavy atom. The van der Waals surface area contributed by atoms with Crippen molar-refractivity contribution in [2.75, 3.05) is 5.73 Å². The van der Waals surface area contributed by atoms with Crippen molar-refractivity contribution in [1.29, 1.82) is 0 Å². The zero-order valence-corrected chi connectivity index (χ0v) is 10.1. The van der Waals surface area contributed by atoms with Crippen LogP contribution >= 0.6 is 12.6 Å². The Morgan fingerprint density at radius 2 is 1.44 bits per heavy atom. The van der Waals surface area contributed by atoms with Crippen LogP contribution in [0, 0.1) is 0 Å². The summed E-state index contributed by atoms with van der Waals surface area (Å²) in [6.07, 6.45) is 0. The molecule has 0 radical (unpaired) electrons. The van der Waals surface area contributed by atoms with Crippen molar-refractivity contribution in [2.45, 2.75) is 14.7 Å². The Labute approximate surface area is 97.2 Å². The second kappa shape index (κ2) is 3.89. The molecule has 1 aromatic carbocycles. The molecule has 0 heterocycles. The third-order valence-electron chi connectivity index (χ3n) is 1.65. The molecule has 0 spiro atoms. The highest BCUT2D eigenvalue weighted by Gasteiger charge is 2.21. The first-order valence-corrected chi connectivity index (χ1v) is 6.93. The zero-order valence-electron chi connectivity index (χ0n) is 7.52.